The van der Waals surface area contributed by atoms with Crippen molar-refractivity contribution in [3.8, 4) is 0 Å². The third-order valence-corrected chi connectivity index (χ3v) is 5.03. The van der Waals surface area contributed by atoms with Gasteiger partial charge in [-0.25, -0.2) is 4.98 Å². The molecule has 26 heavy (non-hydrogen) atoms. The Balaban J connectivity index is 2.32. The summed E-state index contributed by atoms with van der Waals surface area (Å²) in [5.41, 5.74) is 0.540. The van der Waals surface area contributed by atoms with Crippen LogP contribution in [0.3, 0.4) is 0 Å². The van der Waals surface area contributed by atoms with Crippen molar-refractivity contribution in [1.82, 2.24) is 14.5 Å². The van der Waals surface area contributed by atoms with Gasteiger partial charge in [0.25, 0.3) is 5.56 Å². The Hall–Kier alpha value is -1.86. The molecule has 0 atom stereocenters. The molecule has 0 spiro atoms. The van der Waals surface area contributed by atoms with Crippen LogP contribution in [0, 0.1) is 0 Å². The van der Waals surface area contributed by atoms with Crippen LogP contribution in [-0.4, -0.2) is 51.9 Å². The first-order valence-electron chi connectivity index (χ1n) is 8.79. The smallest absolute Gasteiger partial charge is 0.262 e. The van der Waals surface area contributed by atoms with Crippen LogP contribution >= 0.6 is 11.8 Å². The number of methoxy groups -OCH3 is 1. The molecule has 0 unspecified atom stereocenters. The van der Waals surface area contributed by atoms with Crippen molar-refractivity contribution in [2.75, 3.05) is 19.5 Å². The van der Waals surface area contributed by atoms with E-state index in [4.69, 9.17) is 4.74 Å². The average Bonchev–Trinajstić information content (AvgIpc) is 2.58. The lowest BCUT2D eigenvalue weighted by molar-refractivity contribution is -0.131. The Morgan fingerprint density at radius 3 is 2.50 bits per heavy atom. The topological polar surface area (TPSA) is 64.4 Å². The first-order chi connectivity index (χ1) is 12.4. The van der Waals surface area contributed by atoms with Gasteiger partial charge < -0.3 is 9.64 Å². The lowest BCUT2D eigenvalue weighted by Gasteiger charge is -2.30. The summed E-state index contributed by atoms with van der Waals surface area (Å²) in [5, 5.41) is 1.12. The van der Waals surface area contributed by atoms with E-state index < -0.39 is 0 Å². The first kappa shape index (κ1) is 20.5. The summed E-state index contributed by atoms with van der Waals surface area (Å²) in [6.07, 6.45) is 0. The quantitative estimate of drug-likeness (QED) is 0.523. The van der Waals surface area contributed by atoms with E-state index in [2.05, 4.69) is 4.98 Å². The van der Waals surface area contributed by atoms with Gasteiger partial charge in [-0.15, -0.1) is 0 Å². The van der Waals surface area contributed by atoms with Crippen LogP contribution in [0.1, 0.15) is 27.7 Å². The second kappa shape index (κ2) is 9.19. The van der Waals surface area contributed by atoms with E-state index in [1.54, 1.807) is 17.7 Å². The maximum absolute atomic E-state index is 12.8. The normalized spacial score (nSPS) is 11.5. The van der Waals surface area contributed by atoms with Gasteiger partial charge in [0.1, 0.15) is 0 Å². The molecule has 0 aliphatic rings. The number of benzene rings is 1. The largest absolute Gasteiger partial charge is 0.383 e. The molecule has 0 aliphatic heterocycles. The number of hydrogen-bond donors (Lipinski definition) is 0. The summed E-state index contributed by atoms with van der Waals surface area (Å²) in [7, 11) is 1.60. The number of ether oxygens (including phenoxy) is 1. The molecule has 0 bridgehead atoms. The van der Waals surface area contributed by atoms with E-state index in [9.17, 15) is 9.59 Å². The molecule has 2 aromatic rings. The number of carbonyl (C=O) groups excluding carboxylic acids is 1. The van der Waals surface area contributed by atoms with Crippen LogP contribution < -0.4 is 5.56 Å². The Bertz CT molecular complexity index is 809. The molecule has 6 nitrogen and oxygen atoms in total. The van der Waals surface area contributed by atoms with Crippen LogP contribution in [0.4, 0.5) is 0 Å². The number of amides is 1. The summed E-state index contributed by atoms with van der Waals surface area (Å²) in [6, 6.07) is 7.52. The number of aromatic nitrogens is 2. The zero-order valence-electron chi connectivity index (χ0n) is 16.1. The SMILES string of the molecule is COCCn1c(SCC(=O)N(C(C)C)C(C)C)nc2ccccc2c1=O. The highest BCUT2D eigenvalue weighted by Gasteiger charge is 2.21. The number of nitrogens with zero attached hydrogens (tertiary/aromatic N) is 3. The summed E-state index contributed by atoms with van der Waals surface area (Å²) in [6.45, 7) is 8.83. The van der Waals surface area contributed by atoms with Gasteiger partial charge in [0.15, 0.2) is 5.16 Å². The fourth-order valence-corrected chi connectivity index (χ4v) is 3.91. The van der Waals surface area contributed by atoms with E-state index in [1.165, 1.54) is 11.8 Å². The zero-order valence-corrected chi connectivity index (χ0v) is 16.9. The summed E-state index contributed by atoms with van der Waals surface area (Å²) >= 11 is 1.30. The lowest BCUT2D eigenvalue weighted by atomic mass is 10.2. The standard InChI is InChI=1S/C19H27N3O3S/c1-13(2)22(14(3)4)17(23)12-26-19-20-16-9-7-6-8-15(16)18(24)21(19)10-11-25-5/h6-9,13-14H,10-12H2,1-5H3. The highest BCUT2D eigenvalue weighted by Crippen LogP contribution is 2.19. The van der Waals surface area contributed by atoms with Crippen molar-refractivity contribution in [2.45, 2.75) is 51.5 Å². The fraction of sp³-hybridized carbons (Fsp3) is 0.526. The molecule has 1 aromatic heterocycles. The minimum atomic E-state index is -0.104. The molecule has 0 fully saturated rings. The van der Waals surface area contributed by atoms with Gasteiger partial charge in [-0.05, 0) is 39.8 Å². The number of hydrogen-bond acceptors (Lipinski definition) is 5. The summed E-state index contributed by atoms with van der Waals surface area (Å²) in [5.74, 6) is 0.286. The van der Waals surface area contributed by atoms with E-state index in [0.717, 1.165) is 0 Å². The van der Waals surface area contributed by atoms with Crippen molar-refractivity contribution < 1.29 is 9.53 Å². The van der Waals surface area contributed by atoms with Crippen LogP contribution in [0.2, 0.25) is 0 Å². The predicted molar refractivity (Wildman–Crippen MR) is 106 cm³/mol. The molecule has 1 amide bonds. The van der Waals surface area contributed by atoms with Crippen LogP contribution in [0.5, 0.6) is 0 Å². The average molecular weight is 378 g/mol. The van der Waals surface area contributed by atoms with Crippen molar-refractivity contribution in [3.63, 3.8) is 0 Å². The van der Waals surface area contributed by atoms with Gasteiger partial charge >= 0.3 is 0 Å². The Morgan fingerprint density at radius 1 is 1.23 bits per heavy atom. The number of thioether (sulfide) groups is 1. The van der Waals surface area contributed by atoms with Gasteiger partial charge in [-0.3, -0.25) is 14.2 Å². The number of fused-ring (bicyclic) bond motifs is 1. The third-order valence-electron chi connectivity index (χ3n) is 4.07. The molecule has 1 aromatic carbocycles. The first-order valence-corrected chi connectivity index (χ1v) is 9.77. The molecular weight excluding hydrogens is 350 g/mol. The van der Waals surface area contributed by atoms with Crippen molar-refractivity contribution in [2.24, 2.45) is 0 Å². The molecule has 0 radical (unpaired) electrons. The Labute approximate surface area is 158 Å². The van der Waals surface area contributed by atoms with E-state index >= 15 is 0 Å². The number of rotatable bonds is 8. The molecule has 142 valence electrons. The second-order valence-electron chi connectivity index (χ2n) is 6.64. The summed E-state index contributed by atoms with van der Waals surface area (Å²) < 4.78 is 6.72. The second-order valence-corrected chi connectivity index (χ2v) is 7.58. The zero-order chi connectivity index (χ0) is 19.3. The highest BCUT2D eigenvalue weighted by molar-refractivity contribution is 7.99. The van der Waals surface area contributed by atoms with Gasteiger partial charge in [0.2, 0.25) is 5.91 Å². The van der Waals surface area contributed by atoms with Crippen LogP contribution in [-0.2, 0) is 16.1 Å². The molecule has 7 heteroatoms. The molecule has 0 saturated carbocycles. The minimum Gasteiger partial charge on any atom is -0.383 e. The Kier molecular flexibility index (Phi) is 7.23. The maximum atomic E-state index is 12.8. The monoisotopic (exact) mass is 377 g/mol. The van der Waals surface area contributed by atoms with E-state index in [1.807, 2.05) is 50.8 Å². The highest BCUT2D eigenvalue weighted by atomic mass is 32.2. The van der Waals surface area contributed by atoms with Gasteiger partial charge in [0.05, 0.1) is 29.8 Å². The van der Waals surface area contributed by atoms with Crippen molar-refractivity contribution in [3.05, 3.63) is 34.6 Å². The summed E-state index contributed by atoms with van der Waals surface area (Å²) in [4.78, 5) is 31.9. The number of carbonyl (C=O) groups is 1. The molecule has 0 N–H and O–H groups in total. The van der Waals surface area contributed by atoms with Gasteiger partial charge in [-0.2, -0.15) is 0 Å². The lowest BCUT2D eigenvalue weighted by Crippen LogP contribution is -2.43. The van der Waals surface area contributed by atoms with Gasteiger partial charge in [0, 0.05) is 19.2 Å². The maximum Gasteiger partial charge on any atom is 0.262 e. The van der Waals surface area contributed by atoms with Crippen LogP contribution in [0.15, 0.2) is 34.2 Å². The fourth-order valence-electron chi connectivity index (χ4n) is 3.01. The van der Waals surface area contributed by atoms with Crippen molar-refractivity contribution in [1.29, 1.82) is 0 Å². The molecule has 2 rings (SSSR count). The molecular formula is C19H27N3O3S. The number of para-hydroxylation sites is 1. The van der Waals surface area contributed by atoms with Crippen molar-refractivity contribution >= 4 is 28.6 Å². The molecule has 0 saturated heterocycles. The van der Waals surface area contributed by atoms with E-state index in [0.29, 0.717) is 29.2 Å². The third kappa shape index (κ3) is 4.65. The van der Waals surface area contributed by atoms with Crippen LogP contribution in [0.25, 0.3) is 10.9 Å². The minimum absolute atomic E-state index is 0.0423. The Morgan fingerprint density at radius 2 is 1.88 bits per heavy atom. The molecule has 1 heterocycles. The van der Waals surface area contributed by atoms with Gasteiger partial charge in [-0.1, -0.05) is 23.9 Å². The predicted octanol–water partition coefficient (Wildman–Crippen LogP) is 2.78. The molecule has 0 aliphatic carbocycles. The van der Waals surface area contributed by atoms with E-state index in [-0.39, 0.29) is 29.3 Å².